The highest BCUT2D eigenvalue weighted by Crippen LogP contribution is 2.22. The number of rotatable bonds is 11. The van der Waals surface area contributed by atoms with E-state index in [4.69, 9.17) is 5.11 Å². The average molecular weight is 280 g/mol. The smallest absolute Gasteiger partial charge is 0.0431 e. The molecule has 0 amide bonds. The summed E-state index contributed by atoms with van der Waals surface area (Å²) < 4.78 is 2.30. The summed E-state index contributed by atoms with van der Waals surface area (Å²) in [6.45, 7) is 9.26. The van der Waals surface area contributed by atoms with Crippen molar-refractivity contribution in [1.82, 2.24) is 9.88 Å². The van der Waals surface area contributed by atoms with Crippen LogP contribution >= 0.6 is 0 Å². The quantitative estimate of drug-likeness (QED) is 0.606. The summed E-state index contributed by atoms with van der Waals surface area (Å²) in [6.07, 6.45) is 10.1. The van der Waals surface area contributed by atoms with Crippen LogP contribution in [0.3, 0.4) is 0 Å². The van der Waals surface area contributed by atoms with Crippen LogP contribution in [-0.4, -0.2) is 22.8 Å². The lowest BCUT2D eigenvalue weighted by Gasteiger charge is -2.21. The summed E-state index contributed by atoms with van der Waals surface area (Å²) >= 11 is 0. The van der Waals surface area contributed by atoms with Crippen LogP contribution in [0.5, 0.6) is 0 Å². The van der Waals surface area contributed by atoms with Crippen LogP contribution in [-0.2, 0) is 6.54 Å². The molecule has 0 saturated heterocycles. The van der Waals surface area contributed by atoms with E-state index in [1.807, 2.05) is 0 Å². The molecule has 0 bridgehead atoms. The van der Waals surface area contributed by atoms with Crippen LogP contribution in [0, 0.1) is 5.92 Å². The third-order valence-corrected chi connectivity index (χ3v) is 3.74. The van der Waals surface area contributed by atoms with Gasteiger partial charge >= 0.3 is 0 Å². The largest absolute Gasteiger partial charge is 0.396 e. The number of aryl methyl sites for hydroxylation is 1. The molecular weight excluding hydrogens is 248 g/mol. The Kier molecular flexibility index (Phi) is 8.63. The Balaban J connectivity index is 2.43. The third kappa shape index (κ3) is 6.10. The fraction of sp³-hybridized carbons (Fsp3) is 0.765. The second-order valence-corrected chi connectivity index (χ2v) is 6.00. The zero-order valence-corrected chi connectivity index (χ0v) is 13.4. The summed E-state index contributed by atoms with van der Waals surface area (Å²) in [5, 5.41) is 12.4. The summed E-state index contributed by atoms with van der Waals surface area (Å²) in [6, 6.07) is 2.71. The van der Waals surface area contributed by atoms with Gasteiger partial charge in [-0.15, -0.1) is 0 Å². The van der Waals surface area contributed by atoms with E-state index in [1.54, 1.807) is 0 Å². The molecular formula is C17H32N2O. The molecule has 1 atom stereocenters. The van der Waals surface area contributed by atoms with Gasteiger partial charge in [-0.2, -0.15) is 0 Å². The predicted octanol–water partition coefficient (Wildman–Crippen LogP) is 3.74. The van der Waals surface area contributed by atoms with Crippen molar-refractivity contribution in [1.29, 1.82) is 0 Å². The lowest BCUT2D eigenvalue weighted by molar-refractivity contribution is 0.282. The van der Waals surface area contributed by atoms with Crippen LogP contribution < -0.4 is 5.32 Å². The number of nitrogens with zero attached hydrogens (tertiary/aromatic N) is 1. The summed E-state index contributed by atoms with van der Waals surface area (Å²) in [4.78, 5) is 0. The van der Waals surface area contributed by atoms with E-state index in [-0.39, 0.29) is 0 Å². The molecule has 2 N–H and O–H groups in total. The van der Waals surface area contributed by atoms with Crippen LogP contribution in [0.1, 0.15) is 64.5 Å². The van der Waals surface area contributed by atoms with Crippen molar-refractivity contribution in [3.8, 4) is 0 Å². The van der Waals surface area contributed by atoms with E-state index in [9.17, 15) is 0 Å². The van der Waals surface area contributed by atoms with Gasteiger partial charge in [-0.05, 0) is 43.4 Å². The number of hydrogen-bond acceptors (Lipinski definition) is 2. The zero-order valence-electron chi connectivity index (χ0n) is 13.4. The van der Waals surface area contributed by atoms with E-state index in [2.05, 4.69) is 49.1 Å². The Labute approximate surface area is 124 Å². The van der Waals surface area contributed by atoms with Gasteiger partial charge in [-0.25, -0.2) is 0 Å². The molecule has 0 aliphatic heterocycles. The molecule has 0 spiro atoms. The fourth-order valence-electron chi connectivity index (χ4n) is 2.58. The van der Waals surface area contributed by atoms with Crippen molar-refractivity contribution in [3.05, 3.63) is 24.0 Å². The summed E-state index contributed by atoms with van der Waals surface area (Å²) in [5.41, 5.74) is 1.41. The van der Waals surface area contributed by atoms with Crippen molar-refractivity contribution in [2.24, 2.45) is 5.92 Å². The molecule has 116 valence electrons. The molecule has 1 aromatic rings. The van der Waals surface area contributed by atoms with Crippen molar-refractivity contribution in [2.45, 2.75) is 65.5 Å². The predicted molar refractivity (Wildman–Crippen MR) is 85.9 cm³/mol. The summed E-state index contributed by atoms with van der Waals surface area (Å²) in [5.74, 6) is 0.613. The van der Waals surface area contributed by atoms with Crippen LogP contribution in [0.15, 0.2) is 18.5 Å². The number of aliphatic hydroxyl groups excluding tert-OH is 1. The molecule has 0 aliphatic rings. The molecule has 20 heavy (non-hydrogen) atoms. The Morgan fingerprint density at radius 2 is 1.95 bits per heavy atom. The lowest BCUT2D eigenvalue weighted by atomic mass is 9.98. The minimum absolute atomic E-state index is 0.326. The van der Waals surface area contributed by atoms with Gasteiger partial charge in [-0.1, -0.05) is 33.6 Å². The normalized spacial score (nSPS) is 13.1. The van der Waals surface area contributed by atoms with E-state index in [0.717, 1.165) is 25.9 Å². The Hall–Kier alpha value is -0.800. The number of aliphatic hydroxyl groups is 1. The number of unbranched alkanes of at least 4 members (excludes halogenated alkanes) is 3. The number of hydrogen-bond donors (Lipinski definition) is 2. The minimum atomic E-state index is 0.326. The molecule has 0 radical (unpaired) electrons. The molecule has 0 fully saturated rings. The zero-order chi connectivity index (χ0) is 14.8. The monoisotopic (exact) mass is 280 g/mol. The maximum Gasteiger partial charge on any atom is 0.0431 e. The van der Waals surface area contributed by atoms with Crippen LogP contribution in [0.25, 0.3) is 0 Å². The van der Waals surface area contributed by atoms with Gasteiger partial charge in [0.25, 0.3) is 0 Å². The Morgan fingerprint density at radius 1 is 1.20 bits per heavy atom. The van der Waals surface area contributed by atoms with E-state index < -0.39 is 0 Å². The third-order valence-electron chi connectivity index (χ3n) is 3.74. The molecule has 3 heteroatoms. The SMILES string of the molecule is CCCNC(c1ccn(CCCCCCO)c1)C(C)C. The highest BCUT2D eigenvalue weighted by Gasteiger charge is 2.15. The average Bonchev–Trinajstić information content (AvgIpc) is 2.87. The lowest BCUT2D eigenvalue weighted by Crippen LogP contribution is -2.26. The minimum Gasteiger partial charge on any atom is -0.396 e. The topological polar surface area (TPSA) is 37.2 Å². The first-order valence-electron chi connectivity index (χ1n) is 8.19. The van der Waals surface area contributed by atoms with Gasteiger partial charge in [0.15, 0.2) is 0 Å². The number of aromatic nitrogens is 1. The van der Waals surface area contributed by atoms with Crippen molar-refractivity contribution < 1.29 is 5.11 Å². The highest BCUT2D eigenvalue weighted by atomic mass is 16.2. The Morgan fingerprint density at radius 3 is 2.60 bits per heavy atom. The Bertz CT molecular complexity index is 347. The second-order valence-electron chi connectivity index (χ2n) is 6.00. The first kappa shape index (κ1) is 17.3. The molecule has 3 nitrogen and oxygen atoms in total. The molecule has 0 saturated carbocycles. The maximum atomic E-state index is 8.76. The van der Waals surface area contributed by atoms with Crippen LogP contribution in [0.2, 0.25) is 0 Å². The van der Waals surface area contributed by atoms with Crippen molar-refractivity contribution >= 4 is 0 Å². The molecule has 1 aromatic heterocycles. The van der Waals surface area contributed by atoms with Gasteiger partial charge in [0, 0.05) is 31.6 Å². The van der Waals surface area contributed by atoms with E-state index in [0.29, 0.717) is 18.6 Å². The number of nitrogens with one attached hydrogen (secondary N) is 1. The van der Waals surface area contributed by atoms with Gasteiger partial charge in [0.1, 0.15) is 0 Å². The van der Waals surface area contributed by atoms with Gasteiger partial charge in [0.2, 0.25) is 0 Å². The summed E-state index contributed by atoms with van der Waals surface area (Å²) in [7, 11) is 0. The second kappa shape index (κ2) is 10.0. The molecule has 0 aromatic carbocycles. The van der Waals surface area contributed by atoms with Crippen LogP contribution in [0.4, 0.5) is 0 Å². The van der Waals surface area contributed by atoms with E-state index in [1.165, 1.54) is 24.8 Å². The standard InChI is InChI=1S/C17H32N2O/c1-4-10-18-17(15(2)3)16-9-12-19(14-16)11-7-5-6-8-13-20/h9,12,14-15,17-18,20H,4-8,10-11,13H2,1-3H3. The maximum absolute atomic E-state index is 8.76. The van der Waals surface area contributed by atoms with Gasteiger partial charge in [0.05, 0.1) is 0 Å². The first-order valence-corrected chi connectivity index (χ1v) is 8.19. The molecule has 0 aliphatic carbocycles. The van der Waals surface area contributed by atoms with E-state index >= 15 is 0 Å². The molecule has 1 heterocycles. The fourth-order valence-corrected chi connectivity index (χ4v) is 2.58. The van der Waals surface area contributed by atoms with Crippen molar-refractivity contribution in [3.63, 3.8) is 0 Å². The molecule has 1 unspecified atom stereocenters. The van der Waals surface area contributed by atoms with Crippen molar-refractivity contribution in [2.75, 3.05) is 13.2 Å². The first-order chi connectivity index (χ1) is 9.69. The van der Waals surface area contributed by atoms with Gasteiger partial charge < -0.3 is 15.0 Å². The highest BCUT2D eigenvalue weighted by molar-refractivity contribution is 5.16. The molecule has 1 rings (SSSR count). The van der Waals surface area contributed by atoms with Gasteiger partial charge in [-0.3, -0.25) is 0 Å².